The van der Waals surface area contributed by atoms with Crippen molar-refractivity contribution in [2.75, 3.05) is 0 Å². The lowest BCUT2D eigenvalue weighted by Gasteiger charge is -2.09. The molecule has 0 saturated heterocycles. The Morgan fingerprint density at radius 3 is 2.29 bits per heavy atom. The molecule has 1 atom stereocenters. The number of aliphatic hydroxyl groups excluding tert-OH is 1. The molecule has 1 N–H and O–H groups in total. The second-order valence-corrected chi connectivity index (χ2v) is 3.70. The quantitative estimate of drug-likeness (QED) is 0.841. The van der Waals surface area contributed by atoms with E-state index in [1.54, 1.807) is 0 Å². The van der Waals surface area contributed by atoms with E-state index in [-0.39, 0.29) is 11.0 Å². The normalized spacial score (nSPS) is 12.8. The molecular formula is C11H6ClF3O2. The monoisotopic (exact) mass is 262 g/mol. The summed E-state index contributed by atoms with van der Waals surface area (Å²) in [5.74, 6) is -3.70. The largest absolute Gasteiger partial charge is 0.447 e. The molecule has 0 bridgehead atoms. The summed E-state index contributed by atoms with van der Waals surface area (Å²) in [6, 6.07) is 3.59. The fraction of sp³-hybridized carbons (Fsp3) is 0.0909. The first-order valence-electron chi connectivity index (χ1n) is 4.57. The molecule has 6 heteroatoms. The number of hydrogen-bond donors (Lipinski definition) is 1. The van der Waals surface area contributed by atoms with E-state index in [1.807, 2.05) is 0 Å². The van der Waals surface area contributed by atoms with Crippen LogP contribution >= 0.6 is 11.6 Å². The first-order chi connectivity index (χ1) is 7.99. The van der Waals surface area contributed by atoms with Crippen molar-refractivity contribution < 1.29 is 22.7 Å². The Morgan fingerprint density at radius 1 is 1.06 bits per heavy atom. The van der Waals surface area contributed by atoms with E-state index < -0.39 is 29.1 Å². The second kappa shape index (κ2) is 4.43. The first-order valence-corrected chi connectivity index (χ1v) is 4.94. The highest BCUT2D eigenvalue weighted by atomic mass is 35.5. The van der Waals surface area contributed by atoms with Crippen LogP contribution in [0.15, 0.2) is 28.7 Å². The smallest absolute Gasteiger partial charge is 0.193 e. The highest BCUT2D eigenvalue weighted by Crippen LogP contribution is 2.28. The minimum atomic E-state index is -1.54. The van der Waals surface area contributed by atoms with Crippen molar-refractivity contribution in [2.45, 2.75) is 6.10 Å². The van der Waals surface area contributed by atoms with Crippen molar-refractivity contribution in [3.05, 3.63) is 58.3 Å². The molecule has 90 valence electrons. The van der Waals surface area contributed by atoms with Gasteiger partial charge < -0.3 is 9.52 Å². The highest BCUT2D eigenvalue weighted by molar-refractivity contribution is 6.28. The summed E-state index contributed by atoms with van der Waals surface area (Å²) in [4.78, 5) is 0. The van der Waals surface area contributed by atoms with Crippen LogP contribution in [-0.4, -0.2) is 5.11 Å². The molecule has 1 unspecified atom stereocenters. The predicted octanol–water partition coefficient (Wildman–Crippen LogP) is 3.43. The van der Waals surface area contributed by atoms with E-state index >= 15 is 0 Å². The Morgan fingerprint density at radius 2 is 1.71 bits per heavy atom. The van der Waals surface area contributed by atoms with Gasteiger partial charge in [-0.05, 0) is 29.8 Å². The fourth-order valence-corrected chi connectivity index (χ4v) is 1.53. The van der Waals surface area contributed by atoms with Gasteiger partial charge in [-0.3, -0.25) is 0 Å². The van der Waals surface area contributed by atoms with Crippen LogP contribution < -0.4 is 0 Å². The van der Waals surface area contributed by atoms with Crippen molar-refractivity contribution >= 4 is 11.6 Å². The van der Waals surface area contributed by atoms with Crippen molar-refractivity contribution in [3.63, 3.8) is 0 Å². The number of benzene rings is 1. The van der Waals surface area contributed by atoms with Crippen molar-refractivity contribution in [1.29, 1.82) is 0 Å². The summed E-state index contributed by atoms with van der Waals surface area (Å²) in [5, 5.41) is 9.72. The first kappa shape index (κ1) is 12.0. The van der Waals surface area contributed by atoms with Gasteiger partial charge in [0.25, 0.3) is 0 Å². The summed E-state index contributed by atoms with van der Waals surface area (Å²) in [5.41, 5.74) is -0.421. The molecular weight excluding hydrogens is 257 g/mol. The maximum atomic E-state index is 13.3. The van der Waals surface area contributed by atoms with Gasteiger partial charge in [0.05, 0.1) is 0 Å². The summed E-state index contributed by atoms with van der Waals surface area (Å²) < 4.78 is 43.8. The van der Waals surface area contributed by atoms with Gasteiger partial charge in [0.1, 0.15) is 17.7 Å². The molecule has 0 fully saturated rings. The average molecular weight is 263 g/mol. The third kappa shape index (κ3) is 2.30. The Bertz CT molecular complexity index is 554. The Balaban J connectivity index is 2.43. The van der Waals surface area contributed by atoms with E-state index in [0.717, 1.165) is 0 Å². The molecule has 0 aliphatic carbocycles. The summed E-state index contributed by atoms with van der Waals surface area (Å²) in [7, 11) is 0. The maximum absolute atomic E-state index is 13.3. The molecule has 0 aliphatic rings. The maximum Gasteiger partial charge on any atom is 0.193 e. The van der Waals surface area contributed by atoms with E-state index in [4.69, 9.17) is 16.0 Å². The highest BCUT2D eigenvalue weighted by Gasteiger charge is 2.21. The van der Waals surface area contributed by atoms with Gasteiger partial charge in [0.15, 0.2) is 16.9 Å². The van der Waals surface area contributed by atoms with E-state index in [1.165, 1.54) is 12.1 Å². The number of furan rings is 1. The predicted molar refractivity (Wildman–Crippen MR) is 54.1 cm³/mol. The molecule has 2 rings (SSSR count). The van der Waals surface area contributed by atoms with E-state index in [9.17, 15) is 18.3 Å². The van der Waals surface area contributed by atoms with Gasteiger partial charge in [0.2, 0.25) is 0 Å². The molecule has 1 aromatic carbocycles. The molecule has 2 nitrogen and oxygen atoms in total. The summed E-state index contributed by atoms with van der Waals surface area (Å²) in [6.07, 6.45) is -1.54. The van der Waals surface area contributed by atoms with Crippen LogP contribution in [0.25, 0.3) is 0 Å². The van der Waals surface area contributed by atoms with Gasteiger partial charge >= 0.3 is 0 Å². The molecule has 1 heterocycles. The van der Waals surface area contributed by atoms with Crippen LogP contribution in [0.1, 0.15) is 17.4 Å². The molecule has 0 aliphatic heterocycles. The van der Waals surface area contributed by atoms with Gasteiger partial charge in [-0.1, -0.05) is 0 Å². The third-order valence-electron chi connectivity index (χ3n) is 2.20. The minimum absolute atomic E-state index is 0.00189. The molecule has 2 aromatic rings. The molecule has 17 heavy (non-hydrogen) atoms. The molecule has 0 amide bonds. The topological polar surface area (TPSA) is 33.4 Å². The van der Waals surface area contributed by atoms with E-state index in [2.05, 4.69) is 0 Å². The Kier molecular flexibility index (Phi) is 3.13. The SMILES string of the molecule is OC(c1ccc(Cl)o1)c1cc(F)c(F)cc1F. The number of hydrogen-bond acceptors (Lipinski definition) is 2. The zero-order valence-electron chi connectivity index (χ0n) is 8.25. The zero-order chi connectivity index (χ0) is 12.6. The lowest BCUT2D eigenvalue weighted by Crippen LogP contribution is -2.03. The van der Waals surface area contributed by atoms with Gasteiger partial charge in [-0.15, -0.1) is 0 Å². The lowest BCUT2D eigenvalue weighted by atomic mass is 10.1. The van der Waals surface area contributed by atoms with Gasteiger partial charge in [0, 0.05) is 11.6 Å². The fourth-order valence-electron chi connectivity index (χ4n) is 1.38. The molecule has 0 spiro atoms. The van der Waals surface area contributed by atoms with Crippen LogP contribution in [0.3, 0.4) is 0 Å². The van der Waals surface area contributed by atoms with Crippen molar-refractivity contribution in [1.82, 2.24) is 0 Å². The molecule has 0 saturated carbocycles. The lowest BCUT2D eigenvalue weighted by molar-refractivity contribution is 0.184. The van der Waals surface area contributed by atoms with Crippen LogP contribution in [-0.2, 0) is 0 Å². The average Bonchev–Trinajstić information content (AvgIpc) is 2.69. The number of rotatable bonds is 2. The Labute approximate surface area is 99.2 Å². The van der Waals surface area contributed by atoms with Crippen LogP contribution in [0.2, 0.25) is 5.22 Å². The zero-order valence-corrected chi connectivity index (χ0v) is 9.01. The molecule has 1 aromatic heterocycles. The van der Waals surface area contributed by atoms with Gasteiger partial charge in [-0.25, -0.2) is 13.2 Å². The number of aliphatic hydroxyl groups is 1. The standard InChI is InChI=1S/C11H6ClF3O2/c12-10-2-1-9(17-10)11(16)5-3-7(14)8(15)4-6(5)13/h1-4,11,16H. The summed E-state index contributed by atoms with van der Waals surface area (Å²) in [6.45, 7) is 0. The van der Waals surface area contributed by atoms with E-state index in [0.29, 0.717) is 12.1 Å². The van der Waals surface area contributed by atoms with Crippen LogP contribution in [0.5, 0.6) is 0 Å². The van der Waals surface area contributed by atoms with Gasteiger partial charge in [-0.2, -0.15) is 0 Å². The van der Waals surface area contributed by atoms with Crippen LogP contribution in [0.4, 0.5) is 13.2 Å². The minimum Gasteiger partial charge on any atom is -0.447 e. The van der Waals surface area contributed by atoms with Crippen molar-refractivity contribution in [2.24, 2.45) is 0 Å². The van der Waals surface area contributed by atoms with Crippen LogP contribution in [0, 0.1) is 17.5 Å². The van der Waals surface area contributed by atoms with Crippen molar-refractivity contribution in [3.8, 4) is 0 Å². The summed E-state index contributed by atoms with van der Waals surface area (Å²) >= 11 is 5.48. The second-order valence-electron chi connectivity index (χ2n) is 3.33. The third-order valence-corrected chi connectivity index (χ3v) is 2.40. The number of halogens is 4. The Hall–Kier alpha value is -1.46. The molecule has 0 radical (unpaired) electrons.